The maximum Gasteiger partial charge on any atom is 0.418 e. The van der Waals surface area contributed by atoms with Crippen molar-refractivity contribution in [3.05, 3.63) is 29.8 Å². The van der Waals surface area contributed by atoms with Crippen LogP contribution in [0.25, 0.3) is 0 Å². The molecule has 1 N–H and O–H groups in total. The van der Waals surface area contributed by atoms with Gasteiger partial charge < -0.3 is 14.8 Å². The molecule has 0 atom stereocenters. The van der Waals surface area contributed by atoms with Gasteiger partial charge in [0.2, 0.25) is 0 Å². The van der Waals surface area contributed by atoms with E-state index in [1.54, 1.807) is 13.2 Å². The molecule has 0 amide bonds. The van der Waals surface area contributed by atoms with Gasteiger partial charge in [-0.2, -0.15) is 13.2 Å². The maximum absolute atomic E-state index is 12.7. The lowest BCUT2D eigenvalue weighted by Crippen LogP contribution is -2.13. The highest BCUT2D eigenvalue weighted by molar-refractivity contribution is 5.52. The number of alkyl halides is 3. The average Bonchev–Trinajstić information content (AvgIpc) is 2.37. The van der Waals surface area contributed by atoms with Crippen molar-refractivity contribution in [2.45, 2.75) is 12.6 Å². The van der Waals surface area contributed by atoms with Crippen LogP contribution in [0.1, 0.15) is 12.0 Å². The van der Waals surface area contributed by atoms with Gasteiger partial charge in [0, 0.05) is 25.9 Å². The monoisotopic (exact) mass is 277 g/mol. The Hall–Kier alpha value is -1.27. The minimum Gasteiger partial charge on any atom is -0.384 e. The van der Waals surface area contributed by atoms with Crippen molar-refractivity contribution in [2.75, 3.05) is 38.8 Å². The van der Waals surface area contributed by atoms with Gasteiger partial charge in [-0.3, -0.25) is 0 Å². The zero-order valence-corrected chi connectivity index (χ0v) is 10.8. The third-order valence-electron chi connectivity index (χ3n) is 2.45. The molecule has 0 saturated carbocycles. The number of halogens is 3. The first-order valence-electron chi connectivity index (χ1n) is 6.02. The summed E-state index contributed by atoms with van der Waals surface area (Å²) < 4.78 is 48.1. The first kappa shape index (κ1) is 15.8. The summed E-state index contributed by atoms with van der Waals surface area (Å²) in [4.78, 5) is 0. The average molecular weight is 277 g/mol. The number of anilines is 1. The Morgan fingerprint density at radius 3 is 2.53 bits per heavy atom. The van der Waals surface area contributed by atoms with Crippen LogP contribution in [-0.4, -0.2) is 33.5 Å². The fourth-order valence-corrected chi connectivity index (χ4v) is 1.53. The van der Waals surface area contributed by atoms with Crippen LogP contribution in [-0.2, 0) is 15.7 Å². The van der Waals surface area contributed by atoms with Crippen LogP contribution < -0.4 is 5.32 Å². The van der Waals surface area contributed by atoms with E-state index in [2.05, 4.69) is 5.32 Å². The number of hydrogen-bond acceptors (Lipinski definition) is 3. The van der Waals surface area contributed by atoms with Crippen LogP contribution in [0.2, 0.25) is 0 Å². The molecule has 0 fully saturated rings. The molecule has 6 heteroatoms. The van der Waals surface area contributed by atoms with Crippen LogP contribution in [0.15, 0.2) is 24.3 Å². The van der Waals surface area contributed by atoms with Crippen LogP contribution in [0.5, 0.6) is 0 Å². The fourth-order valence-electron chi connectivity index (χ4n) is 1.53. The zero-order valence-electron chi connectivity index (χ0n) is 10.8. The summed E-state index contributed by atoms with van der Waals surface area (Å²) in [6, 6.07) is 5.44. The van der Waals surface area contributed by atoms with Gasteiger partial charge in [0.25, 0.3) is 0 Å². The van der Waals surface area contributed by atoms with Crippen molar-refractivity contribution in [3.8, 4) is 0 Å². The molecular formula is C13H18F3NO2. The quantitative estimate of drug-likeness (QED) is 0.740. The molecule has 19 heavy (non-hydrogen) atoms. The molecule has 0 aliphatic rings. The number of benzene rings is 1. The molecule has 0 spiro atoms. The number of hydrogen-bond donors (Lipinski definition) is 1. The molecule has 3 nitrogen and oxygen atoms in total. The van der Waals surface area contributed by atoms with E-state index < -0.39 is 11.7 Å². The van der Waals surface area contributed by atoms with Crippen molar-refractivity contribution < 1.29 is 22.6 Å². The van der Waals surface area contributed by atoms with E-state index in [0.717, 1.165) is 6.07 Å². The lowest BCUT2D eigenvalue weighted by molar-refractivity contribution is -0.136. The lowest BCUT2D eigenvalue weighted by Gasteiger charge is -2.14. The van der Waals surface area contributed by atoms with Gasteiger partial charge in [0.15, 0.2) is 0 Å². The highest BCUT2D eigenvalue weighted by Gasteiger charge is 2.32. The summed E-state index contributed by atoms with van der Waals surface area (Å²) in [5.74, 6) is 0. The van der Waals surface area contributed by atoms with Gasteiger partial charge in [-0.05, 0) is 18.6 Å². The van der Waals surface area contributed by atoms with E-state index in [1.165, 1.54) is 12.1 Å². The summed E-state index contributed by atoms with van der Waals surface area (Å²) in [6.07, 6.45) is -3.70. The van der Waals surface area contributed by atoms with Crippen LogP contribution in [0, 0.1) is 0 Å². The predicted molar refractivity (Wildman–Crippen MR) is 67.2 cm³/mol. The standard InChI is InChI=1S/C13H18F3NO2/c1-18-9-10-19-8-4-7-17-12-6-3-2-5-11(12)13(14,15)16/h2-3,5-6,17H,4,7-10H2,1H3. The van der Waals surface area contributed by atoms with Gasteiger partial charge >= 0.3 is 6.18 Å². The van der Waals surface area contributed by atoms with E-state index in [1.807, 2.05) is 0 Å². The molecule has 1 rings (SSSR count). The number of ether oxygens (including phenoxy) is 2. The van der Waals surface area contributed by atoms with Crippen molar-refractivity contribution in [2.24, 2.45) is 0 Å². The Morgan fingerprint density at radius 2 is 1.84 bits per heavy atom. The molecule has 0 unspecified atom stereocenters. The molecule has 1 aromatic rings. The molecule has 0 bridgehead atoms. The van der Waals surface area contributed by atoms with Crippen LogP contribution in [0.3, 0.4) is 0 Å². The number of methoxy groups -OCH3 is 1. The molecule has 0 aliphatic carbocycles. The molecular weight excluding hydrogens is 259 g/mol. The lowest BCUT2D eigenvalue weighted by atomic mass is 10.1. The van der Waals surface area contributed by atoms with Gasteiger partial charge in [-0.25, -0.2) is 0 Å². The minimum absolute atomic E-state index is 0.104. The Morgan fingerprint density at radius 1 is 1.11 bits per heavy atom. The topological polar surface area (TPSA) is 30.5 Å². The molecule has 0 aliphatic heterocycles. The smallest absolute Gasteiger partial charge is 0.384 e. The molecule has 0 heterocycles. The Kier molecular flexibility index (Phi) is 6.66. The van der Waals surface area contributed by atoms with E-state index >= 15 is 0 Å². The molecule has 108 valence electrons. The first-order valence-corrected chi connectivity index (χ1v) is 6.02. The summed E-state index contributed by atoms with van der Waals surface area (Å²) in [5, 5.41) is 2.78. The maximum atomic E-state index is 12.7. The highest BCUT2D eigenvalue weighted by atomic mass is 19.4. The number of para-hydroxylation sites is 1. The summed E-state index contributed by atoms with van der Waals surface area (Å²) in [6.45, 7) is 1.94. The molecule has 0 aromatic heterocycles. The number of rotatable bonds is 8. The summed E-state index contributed by atoms with van der Waals surface area (Å²) in [5.41, 5.74) is -0.540. The predicted octanol–water partition coefficient (Wildman–Crippen LogP) is 3.17. The van der Waals surface area contributed by atoms with E-state index in [-0.39, 0.29) is 5.69 Å². The van der Waals surface area contributed by atoms with E-state index in [4.69, 9.17) is 9.47 Å². The second-order valence-corrected chi connectivity index (χ2v) is 3.93. The molecule has 0 radical (unpaired) electrons. The normalized spacial score (nSPS) is 11.6. The zero-order chi connectivity index (χ0) is 14.1. The summed E-state index contributed by atoms with van der Waals surface area (Å²) >= 11 is 0. The van der Waals surface area contributed by atoms with Crippen LogP contribution >= 0.6 is 0 Å². The SMILES string of the molecule is COCCOCCCNc1ccccc1C(F)(F)F. The second-order valence-electron chi connectivity index (χ2n) is 3.93. The Bertz CT molecular complexity index is 369. The van der Waals surface area contributed by atoms with E-state index in [9.17, 15) is 13.2 Å². The van der Waals surface area contributed by atoms with Gasteiger partial charge in [0.1, 0.15) is 0 Å². The van der Waals surface area contributed by atoms with Crippen molar-refractivity contribution in [1.82, 2.24) is 0 Å². The Labute approximate surface area is 110 Å². The third kappa shape index (κ3) is 5.94. The van der Waals surface area contributed by atoms with Gasteiger partial charge in [0.05, 0.1) is 18.8 Å². The van der Waals surface area contributed by atoms with Crippen molar-refractivity contribution in [1.29, 1.82) is 0 Å². The van der Waals surface area contributed by atoms with Crippen molar-refractivity contribution in [3.63, 3.8) is 0 Å². The molecule has 1 aromatic carbocycles. The summed E-state index contributed by atoms with van der Waals surface area (Å²) in [7, 11) is 1.58. The first-order chi connectivity index (χ1) is 9.05. The molecule has 0 saturated heterocycles. The largest absolute Gasteiger partial charge is 0.418 e. The van der Waals surface area contributed by atoms with Gasteiger partial charge in [-0.1, -0.05) is 12.1 Å². The van der Waals surface area contributed by atoms with E-state index in [0.29, 0.717) is 32.8 Å². The van der Waals surface area contributed by atoms with Crippen molar-refractivity contribution >= 4 is 5.69 Å². The Balaban J connectivity index is 2.33. The second kappa shape index (κ2) is 8.01. The third-order valence-corrected chi connectivity index (χ3v) is 2.45. The highest BCUT2D eigenvalue weighted by Crippen LogP contribution is 2.34. The van der Waals surface area contributed by atoms with Gasteiger partial charge in [-0.15, -0.1) is 0 Å². The fraction of sp³-hybridized carbons (Fsp3) is 0.538. The van der Waals surface area contributed by atoms with Crippen LogP contribution in [0.4, 0.5) is 18.9 Å². The minimum atomic E-state index is -4.33. The number of nitrogens with one attached hydrogen (secondary N) is 1.